The van der Waals surface area contributed by atoms with Gasteiger partial charge in [-0.25, -0.2) is 0 Å². The van der Waals surface area contributed by atoms with Crippen LogP contribution in [0.25, 0.3) is 32.3 Å². The van der Waals surface area contributed by atoms with Crippen LogP contribution >= 0.6 is 0 Å². The Morgan fingerprint density at radius 2 is 0.604 bits per heavy atom. The molecule has 3 amide bonds. The van der Waals surface area contributed by atoms with Gasteiger partial charge in [-0.05, 0) is 0 Å². The van der Waals surface area contributed by atoms with E-state index in [1.807, 2.05) is 0 Å². The first-order valence-electron chi connectivity index (χ1n) is 13.8. The Morgan fingerprint density at radius 3 is 0.771 bits per heavy atom. The van der Waals surface area contributed by atoms with Gasteiger partial charge in [0.1, 0.15) is 18.3 Å². The second-order valence-electron chi connectivity index (χ2n) is 9.95. The summed E-state index contributed by atoms with van der Waals surface area (Å²) in [5.41, 5.74) is 0. The number of hydrogen-bond donors (Lipinski definition) is 0. The fourth-order valence-corrected chi connectivity index (χ4v) is 3.21. The average Bonchev–Trinajstić information content (AvgIpc) is 3.79. The van der Waals surface area contributed by atoms with E-state index < -0.39 is 18.3 Å². The quantitative estimate of drug-likeness (QED) is 0.209. The summed E-state index contributed by atoms with van der Waals surface area (Å²) in [5.74, 6) is 0. The van der Waals surface area contributed by atoms with E-state index in [1.165, 1.54) is 74.6 Å². The average molecular weight is 883 g/mol. The Morgan fingerprint density at radius 1 is 0.417 bits per heavy atom. The molecule has 6 aromatic rings. The van der Waals surface area contributed by atoms with Gasteiger partial charge in [-0.1, -0.05) is 18.2 Å². The number of benzene rings is 3. The number of hydrogen-bond acceptors (Lipinski definition) is 6. The normalized spacial score (nSPS) is 8.62. The van der Waals surface area contributed by atoms with Crippen LogP contribution in [-0.2, 0) is 78.6 Å². The van der Waals surface area contributed by atoms with Gasteiger partial charge in [0, 0.05) is 42.3 Å². The maximum atomic E-state index is 9.51. The van der Waals surface area contributed by atoms with E-state index in [2.05, 4.69) is 127 Å². The Kier molecular flexibility index (Phi) is 28.6. The van der Waals surface area contributed by atoms with E-state index in [0.717, 1.165) is 14.7 Å². The van der Waals surface area contributed by atoms with Crippen LogP contribution < -0.4 is 15.3 Å². The van der Waals surface area contributed by atoms with E-state index in [-0.39, 0.29) is 78.6 Å². The minimum Gasteiger partial charge on any atom is -0.530 e. The SMILES string of the molecule is CN(C)C(=O)[O-].CN(C)C(=O)[O-].CN(C)C(=O)[O-].[Zr+2].[Zr+2].[Zr+2].c1ccc2[cH-]ccc2c1.c1ccc2[cH-]ccc2c1.c1ccc2[cH-]ccc2c1. The summed E-state index contributed by atoms with van der Waals surface area (Å²) in [6.07, 6.45) is -3.47. The maximum absolute atomic E-state index is 9.51. The van der Waals surface area contributed by atoms with Crippen LogP contribution in [0.1, 0.15) is 0 Å². The number of amides is 3. The van der Waals surface area contributed by atoms with Gasteiger partial charge < -0.3 is 44.4 Å². The van der Waals surface area contributed by atoms with E-state index in [9.17, 15) is 29.7 Å². The molecule has 0 radical (unpaired) electrons. The molecule has 0 fully saturated rings. The van der Waals surface area contributed by atoms with Crippen LogP contribution in [0.3, 0.4) is 0 Å². The zero-order chi connectivity index (χ0) is 33.8. The van der Waals surface area contributed by atoms with Crippen molar-refractivity contribution in [2.75, 3.05) is 42.3 Å². The second-order valence-corrected chi connectivity index (χ2v) is 9.95. The fourth-order valence-electron chi connectivity index (χ4n) is 3.21. The van der Waals surface area contributed by atoms with Crippen LogP contribution in [0, 0.1) is 0 Å². The van der Waals surface area contributed by atoms with Crippen molar-refractivity contribution in [1.29, 1.82) is 0 Å². The molecule has 246 valence electrons. The van der Waals surface area contributed by atoms with Crippen molar-refractivity contribution in [3.05, 3.63) is 127 Å². The molecule has 6 aromatic carbocycles. The van der Waals surface area contributed by atoms with Crippen molar-refractivity contribution >= 4 is 50.6 Å². The summed E-state index contributed by atoms with van der Waals surface area (Å²) < 4.78 is 0. The van der Waals surface area contributed by atoms with Crippen LogP contribution in [0.15, 0.2) is 127 Å². The first kappa shape index (κ1) is 49.3. The number of rotatable bonds is 0. The summed E-state index contributed by atoms with van der Waals surface area (Å²) in [5, 5.41) is 36.5. The predicted octanol–water partition coefficient (Wildman–Crippen LogP) is 4.34. The van der Waals surface area contributed by atoms with Crippen molar-refractivity contribution in [3.8, 4) is 0 Å². The van der Waals surface area contributed by atoms with Crippen molar-refractivity contribution in [3.63, 3.8) is 0 Å². The zero-order valence-electron chi connectivity index (χ0n) is 27.9. The van der Waals surface area contributed by atoms with Gasteiger partial charge in [0.2, 0.25) is 0 Å². The minimum absolute atomic E-state index is 0. The minimum atomic E-state index is -1.16. The topological polar surface area (TPSA) is 130 Å². The summed E-state index contributed by atoms with van der Waals surface area (Å²) >= 11 is 0. The Labute approximate surface area is 340 Å². The molecule has 0 unspecified atom stereocenters. The van der Waals surface area contributed by atoms with Crippen LogP contribution in [-0.4, -0.2) is 75.3 Å². The molecular formula is C36H39N3O6Zr3. The van der Waals surface area contributed by atoms with E-state index in [1.54, 1.807) is 0 Å². The molecule has 0 N–H and O–H groups in total. The maximum Gasteiger partial charge on any atom is 2.00 e. The number of nitrogens with zero attached hydrogens (tertiary/aromatic N) is 3. The molecule has 0 atom stereocenters. The monoisotopic (exact) mass is 879 g/mol. The largest absolute Gasteiger partial charge is 2.00 e. The Bertz CT molecular complexity index is 1420. The molecule has 0 saturated heterocycles. The molecule has 0 aliphatic carbocycles. The Balaban J connectivity index is -0.000000507. The predicted molar refractivity (Wildman–Crippen MR) is 176 cm³/mol. The second kappa shape index (κ2) is 27.9. The number of carboxylic acid groups (broad SMARTS) is 3. The number of carbonyl (C=O) groups is 3. The van der Waals surface area contributed by atoms with E-state index >= 15 is 0 Å². The van der Waals surface area contributed by atoms with Gasteiger partial charge >= 0.3 is 78.6 Å². The molecule has 6 rings (SSSR count). The first-order chi connectivity index (χ1) is 21.3. The zero-order valence-corrected chi connectivity index (χ0v) is 35.3. The summed E-state index contributed by atoms with van der Waals surface area (Å²) in [7, 11) is 8.47. The van der Waals surface area contributed by atoms with Crippen molar-refractivity contribution in [2.45, 2.75) is 0 Å². The van der Waals surface area contributed by atoms with Gasteiger partial charge in [-0.2, -0.15) is 52.6 Å². The molecule has 0 bridgehead atoms. The van der Waals surface area contributed by atoms with Gasteiger partial charge in [-0.15, -0.1) is 89.0 Å². The first-order valence-corrected chi connectivity index (χ1v) is 13.8. The fraction of sp³-hybridized carbons (Fsp3) is 0.167. The van der Waals surface area contributed by atoms with E-state index in [0.29, 0.717) is 0 Å². The van der Waals surface area contributed by atoms with Gasteiger partial charge in [-0.3, -0.25) is 0 Å². The number of carbonyl (C=O) groups excluding carboxylic acids is 3. The third-order valence-electron chi connectivity index (χ3n) is 5.74. The smallest absolute Gasteiger partial charge is 0.530 e. The molecule has 48 heavy (non-hydrogen) atoms. The number of fused-ring (bicyclic) bond motifs is 3. The van der Waals surface area contributed by atoms with E-state index in [4.69, 9.17) is 0 Å². The van der Waals surface area contributed by atoms with Gasteiger partial charge in [0.05, 0.1) is 0 Å². The molecule has 0 spiro atoms. The van der Waals surface area contributed by atoms with Crippen molar-refractivity contribution in [1.82, 2.24) is 14.7 Å². The Hall–Kier alpha value is -3.05. The third-order valence-corrected chi connectivity index (χ3v) is 5.74. The molecular weight excluding hydrogens is 844 g/mol. The third kappa shape index (κ3) is 21.0. The molecule has 0 aromatic heterocycles. The standard InChI is InChI=1S/3C9H7.3C3H7NO2.3Zr/c3*1-2-5-9-7-3-6-8(9)4-1;3*1-4(2)3(5)6;;;/h3*1-7H;3*1-2H3,(H,5,6);;;/q3*-1;;;;3*+2/p-3. The van der Waals surface area contributed by atoms with Gasteiger partial charge in [0.15, 0.2) is 0 Å². The van der Waals surface area contributed by atoms with Gasteiger partial charge in [0.25, 0.3) is 0 Å². The van der Waals surface area contributed by atoms with Crippen molar-refractivity contribution in [2.24, 2.45) is 0 Å². The summed E-state index contributed by atoms with van der Waals surface area (Å²) in [6, 6.07) is 44.0. The molecule has 0 heterocycles. The van der Waals surface area contributed by atoms with Crippen molar-refractivity contribution < 1.29 is 108 Å². The molecule has 12 heteroatoms. The summed E-state index contributed by atoms with van der Waals surface area (Å²) in [6.45, 7) is 0. The molecule has 0 saturated carbocycles. The van der Waals surface area contributed by atoms with Crippen LogP contribution in [0.5, 0.6) is 0 Å². The van der Waals surface area contributed by atoms with Crippen LogP contribution in [0.2, 0.25) is 0 Å². The molecule has 9 nitrogen and oxygen atoms in total. The van der Waals surface area contributed by atoms with Crippen LogP contribution in [0.4, 0.5) is 14.4 Å². The molecule has 0 aliphatic rings. The molecule has 0 aliphatic heterocycles. The summed E-state index contributed by atoms with van der Waals surface area (Å²) in [4.78, 5) is 31.5.